The maximum absolute atomic E-state index is 15.3. The molecule has 2 unspecified atom stereocenters. The van der Waals surface area contributed by atoms with Gasteiger partial charge in [-0.05, 0) is 49.6 Å². The molecule has 2 saturated heterocycles. The van der Waals surface area contributed by atoms with Crippen molar-refractivity contribution in [2.75, 3.05) is 66.2 Å². The molecule has 238 valence electrons. The summed E-state index contributed by atoms with van der Waals surface area (Å²) in [6.07, 6.45) is -5.00. The molecule has 43 heavy (non-hydrogen) atoms. The van der Waals surface area contributed by atoms with Crippen LogP contribution in [0.3, 0.4) is 0 Å². The lowest BCUT2D eigenvalue weighted by Crippen LogP contribution is -2.71. The number of halogens is 5. The van der Waals surface area contributed by atoms with E-state index >= 15 is 13.2 Å². The number of piperazine rings is 1. The zero-order chi connectivity index (χ0) is 29.7. The van der Waals surface area contributed by atoms with Crippen LogP contribution in [0, 0.1) is 25.7 Å². The molecule has 0 spiro atoms. The van der Waals surface area contributed by atoms with E-state index in [1.807, 2.05) is 19.9 Å². The van der Waals surface area contributed by atoms with E-state index in [0.29, 0.717) is 45.0 Å². The minimum atomic E-state index is -4.67. The molecular formula is C32H42Cl2F3N3O3. The van der Waals surface area contributed by atoms with Crippen molar-refractivity contribution in [2.24, 2.45) is 0 Å². The molecule has 2 aliphatic heterocycles. The van der Waals surface area contributed by atoms with Crippen LogP contribution in [0.2, 0.25) is 0 Å². The van der Waals surface area contributed by atoms with Gasteiger partial charge >= 0.3 is 6.18 Å². The highest BCUT2D eigenvalue weighted by molar-refractivity contribution is 5.95. The molecule has 6 nitrogen and oxygen atoms in total. The van der Waals surface area contributed by atoms with Gasteiger partial charge in [-0.15, -0.1) is 24.8 Å². The normalized spacial score (nSPS) is 23.0. The van der Waals surface area contributed by atoms with Crippen LogP contribution in [0.4, 0.5) is 13.2 Å². The number of methoxy groups -OCH3 is 1. The average Bonchev–Trinajstić information content (AvgIpc) is 2.94. The summed E-state index contributed by atoms with van der Waals surface area (Å²) < 4.78 is 56.8. The molecule has 2 aliphatic rings. The standard InChI is InChI=1S/C32H40F3N3O3.2ClH/c1-25-12-13-27(20-26(25)2)21-31(32(33,34)35)22-36(16-17-38(31)29(39)28-10-6-5-7-11-28)14-8-9-15-37-18-19-41-24-30(37,3)23-40-4;;/h5-7,10-13,20H,14-19,21-24H2,1-4H3;2*1H. The lowest BCUT2D eigenvalue weighted by atomic mass is 9.84. The first-order chi connectivity index (χ1) is 19.5. The monoisotopic (exact) mass is 643 g/mol. The summed E-state index contributed by atoms with van der Waals surface area (Å²) in [5.41, 5.74) is 0.0243. The van der Waals surface area contributed by atoms with E-state index in [0.717, 1.165) is 16.0 Å². The number of amides is 1. The Bertz CT molecular complexity index is 1270. The third kappa shape index (κ3) is 8.44. The number of morpholine rings is 1. The van der Waals surface area contributed by atoms with Crippen LogP contribution in [-0.4, -0.2) is 104 Å². The van der Waals surface area contributed by atoms with Gasteiger partial charge in [-0.25, -0.2) is 0 Å². The Labute approximate surface area is 265 Å². The van der Waals surface area contributed by atoms with E-state index in [-0.39, 0.29) is 62.0 Å². The van der Waals surface area contributed by atoms with Crippen molar-refractivity contribution in [2.45, 2.75) is 44.4 Å². The lowest BCUT2D eigenvalue weighted by Gasteiger charge is -2.51. The van der Waals surface area contributed by atoms with E-state index in [2.05, 4.69) is 23.7 Å². The summed E-state index contributed by atoms with van der Waals surface area (Å²) in [6.45, 7) is 8.79. The molecule has 2 atom stereocenters. The summed E-state index contributed by atoms with van der Waals surface area (Å²) in [6, 6.07) is 13.6. The third-order valence-corrected chi connectivity index (χ3v) is 8.34. The fraction of sp³-hybridized carbons (Fsp3) is 0.531. The number of nitrogens with zero attached hydrogens (tertiary/aromatic N) is 3. The van der Waals surface area contributed by atoms with Gasteiger partial charge in [0.05, 0.1) is 38.4 Å². The van der Waals surface area contributed by atoms with Crippen molar-refractivity contribution in [1.29, 1.82) is 0 Å². The van der Waals surface area contributed by atoms with E-state index < -0.39 is 17.6 Å². The first kappa shape index (κ1) is 36.9. The van der Waals surface area contributed by atoms with Crippen LogP contribution in [0.1, 0.15) is 34.0 Å². The summed E-state index contributed by atoms with van der Waals surface area (Å²) in [5.74, 6) is 5.67. The molecule has 1 amide bonds. The van der Waals surface area contributed by atoms with Crippen LogP contribution in [0.25, 0.3) is 0 Å². The number of carbonyl (C=O) groups is 1. The predicted molar refractivity (Wildman–Crippen MR) is 167 cm³/mol. The summed E-state index contributed by atoms with van der Waals surface area (Å²) in [4.78, 5) is 18.6. The number of rotatable bonds is 7. The minimum absolute atomic E-state index is 0. The quantitative estimate of drug-likeness (QED) is 0.389. The van der Waals surface area contributed by atoms with E-state index in [4.69, 9.17) is 9.47 Å². The van der Waals surface area contributed by atoms with Crippen molar-refractivity contribution in [3.05, 3.63) is 70.8 Å². The highest BCUT2D eigenvalue weighted by Gasteiger charge is 2.61. The van der Waals surface area contributed by atoms with Crippen molar-refractivity contribution < 1.29 is 27.4 Å². The molecule has 0 N–H and O–H groups in total. The van der Waals surface area contributed by atoms with Gasteiger partial charge in [-0.3, -0.25) is 14.6 Å². The number of ether oxygens (including phenoxy) is 2. The molecule has 0 aliphatic carbocycles. The molecule has 4 rings (SSSR count). The topological polar surface area (TPSA) is 45.3 Å². The molecule has 2 aromatic rings. The van der Waals surface area contributed by atoms with Gasteiger partial charge < -0.3 is 14.4 Å². The summed E-state index contributed by atoms with van der Waals surface area (Å²) >= 11 is 0. The van der Waals surface area contributed by atoms with Gasteiger partial charge in [0.25, 0.3) is 5.91 Å². The third-order valence-electron chi connectivity index (χ3n) is 8.34. The number of hydrogen-bond acceptors (Lipinski definition) is 5. The Morgan fingerprint density at radius 1 is 1.00 bits per heavy atom. The number of hydrogen-bond donors (Lipinski definition) is 0. The zero-order valence-electron chi connectivity index (χ0n) is 25.2. The number of alkyl halides is 3. The molecule has 0 bridgehead atoms. The molecule has 0 radical (unpaired) electrons. The van der Waals surface area contributed by atoms with Crippen LogP contribution < -0.4 is 0 Å². The highest BCUT2D eigenvalue weighted by atomic mass is 35.5. The zero-order valence-corrected chi connectivity index (χ0v) is 26.8. The first-order valence-electron chi connectivity index (χ1n) is 14.0. The van der Waals surface area contributed by atoms with Crippen LogP contribution in [0.15, 0.2) is 48.5 Å². The lowest BCUT2D eigenvalue weighted by molar-refractivity contribution is -0.237. The van der Waals surface area contributed by atoms with Gasteiger partial charge in [0.2, 0.25) is 0 Å². The second-order valence-corrected chi connectivity index (χ2v) is 11.4. The maximum Gasteiger partial charge on any atom is 0.413 e. The van der Waals surface area contributed by atoms with Gasteiger partial charge in [0.1, 0.15) is 0 Å². The second-order valence-electron chi connectivity index (χ2n) is 11.4. The fourth-order valence-electron chi connectivity index (χ4n) is 5.76. The maximum atomic E-state index is 15.3. The predicted octanol–water partition coefficient (Wildman–Crippen LogP) is 5.19. The molecule has 11 heteroatoms. The summed E-state index contributed by atoms with van der Waals surface area (Å²) in [5, 5.41) is 0. The van der Waals surface area contributed by atoms with Crippen molar-refractivity contribution in [3.63, 3.8) is 0 Å². The largest absolute Gasteiger partial charge is 0.413 e. The van der Waals surface area contributed by atoms with Gasteiger partial charge in [-0.1, -0.05) is 48.2 Å². The van der Waals surface area contributed by atoms with Gasteiger partial charge in [0, 0.05) is 45.3 Å². The number of benzene rings is 2. The van der Waals surface area contributed by atoms with Crippen molar-refractivity contribution >= 4 is 30.7 Å². The van der Waals surface area contributed by atoms with Crippen LogP contribution >= 0.6 is 24.8 Å². The molecular weight excluding hydrogens is 602 g/mol. The smallest absolute Gasteiger partial charge is 0.383 e. The highest BCUT2D eigenvalue weighted by Crippen LogP contribution is 2.42. The van der Waals surface area contributed by atoms with E-state index in [9.17, 15) is 4.79 Å². The van der Waals surface area contributed by atoms with Crippen LogP contribution in [0.5, 0.6) is 0 Å². The Balaban J connectivity index is 0.00000323. The van der Waals surface area contributed by atoms with Gasteiger partial charge in [0.15, 0.2) is 5.54 Å². The number of aryl methyl sites for hydroxylation is 2. The minimum Gasteiger partial charge on any atom is -0.383 e. The Hall–Kier alpha value is -2.32. The first-order valence-corrected chi connectivity index (χ1v) is 14.0. The Kier molecular flexibility index (Phi) is 13.4. The SMILES string of the molecule is COCC1(C)COCCN1CC#CCN1CCN(C(=O)c2ccccc2)C(Cc2ccc(C)c(C)c2)(C(F)(F)F)C1.Cl.Cl. The van der Waals surface area contributed by atoms with Crippen molar-refractivity contribution in [1.82, 2.24) is 14.7 Å². The molecule has 2 aromatic carbocycles. The van der Waals surface area contributed by atoms with E-state index in [1.165, 1.54) is 0 Å². The van der Waals surface area contributed by atoms with Crippen molar-refractivity contribution in [3.8, 4) is 11.8 Å². The molecule has 2 fully saturated rings. The molecule has 2 heterocycles. The number of carbonyl (C=O) groups excluding carboxylic acids is 1. The van der Waals surface area contributed by atoms with Crippen LogP contribution in [-0.2, 0) is 15.9 Å². The fourth-order valence-corrected chi connectivity index (χ4v) is 5.76. The second kappa shape index (κ2) is 15.6. The Morgan fingerprint density at radius 2 is 1.70 bits per heavy atom. The molecule has 0 saturated carbocycles. The van der Waals surface area contributed by atoms with E-state index in [1.54, 1.807) is 54.5 Å². The molecule has 0 aromatic heterocycles. The van der Waals surface area contributed by atoms with Gasteiger partial charge in [-0.2, -0.15) is 13.2 Å². The Morgan fingerprint density at radius 3 is 2.35 bits per heavy atom. The average molecular weight is 645 g/mol. The summed E-state index contributed by atoms with van der Waals surface area (Å²) in [7, 11) is 1.65.